The molecule has 1 saturated carbocycles. The van der Waals surface area contributed by atoms with Crippen molar-refractivity contribution in [3.63, 3.8) is 0 Å². The van der Waals surface area contributed by atoms with E-state index in [2.05, 4.69) is 18.6 Å². The molecule has 0 atom stereocenters. The van der Waals surface area contributed by atoms with Crippen LogP contribution in [0.4, 0.5) is 0 Å². The quantitative estimate of drug-likeness (QED) is 0.812. The summed E-state index contributed by atoms with van der Waals surface area (Å²) in [6.45, 7) is 7.17. The number of hydrogen-bond acceptors (Lipinski definition) is 3. The minimum atomic E-state index is -3.47. The summed E-state index contributed by atoms with van der Waals surface area (Å²) in [6, 6.07) is 5.47. The molecule has 0 bridgehead atoms. The van der Waals surface area contributed by atoms with Crippen LogP contribution in [0.25, 0.3) is 0 Å². The van der Waals surface area contributed by atoms with E-state index in [4.69, 9.17) is 5.73 Å². The van der Waals surface area contributed by atoms with Gasteiger partial charge in [-0.2, -0.15) is 0 Å². The number of hydrogen-bond donors (Lipinski definition) is 2. The highest BCUT2D eigenvalue weighted by molar-refractivity contribution is 7.89. The third-order valence-electron chi connectivity index (χ3n) is 4.77. The monoisotopic (exact) mass is 310 g/mol. The van der Waals surface area contributed by atoms with Crippen LogP contribution in [-0.4, -0.2) is 15.0 Å². The van der Waals surface area contributed by atoms with Crippen molar-refractivity contribution >= 4 is 10.0 Å². The fraction of sp³-hybridized carbons (Fsp3) is 0.625. The van der Waals surface area contributed by atoms with Gasteiger partial charge in [0, 0.05) is 13.1 Å². The maximum Gasteiger partial charge on any atom is 0.240 e. The lowest BCUT2D eigenvalue weighted by atomic mass is 9.93. The van der Waals surface area contributed by atoms with Gasteiger partial charge in [0.25, 0.3) is 0 Å². The molecular weight excluding hydrogens is 284 g/mol. The number of aryl methyl sites for hydroxylation is 1. The molecule has 0 radical (unpaired) electrons. The molecule has 1 aliphatic carbocycles. The first-order valence-electron chi connectivity index (χ1n) is 7.66. The fourth-order valence-corrected chi connectivity index (χ4v) is 4.20. The van der Waals surface area contributed by atoms with E-state index in [9.17, 15) is 8.42 Å². The molecule has 118 valence electrons. The van der Waals surface area contributed by atoms with Gasteiger partial charge in [-0.15, -0.1) is 0 Å². The van der Waals surface area contributed by atoms with Crippen LogP contribution in [0.1, 0.15) is 44.7 Å². The Hall–Kier alpha value is -0.910. The normalized spacial score (nSPS) is 17.2. The van der Waals surface area contributed by atoms with Crippen LogP contribution in [0.5, 0.6) is 0 Å². The molecule has 21 heavy (non-hydrogen) atoms. The summed E-state index contributed by atoms with van der Waals surface area (Å²) in [7, 11) is -3.47. The summed E-state index contributed by atoms with van der Waals surface area (Å²) < 4.78 is 28.1. The largest absolute Gasteiger partial charge is 0.326 e. The maximum atomic E-state index is 12.6. The maximum absolute atomic E-state index is 12.6. The Morgan fingerprint density at radius 2 is 2.00 bits per heavy atom. The number of sulfonamides is 1. The molecule has 0 amide bonds. The highest BCUT2D eigenvalue weighted by Gasteiger charge is 2.45. The molecule has 0 saturated heterocycles. The zero-order chi connectivity index (χ0) is 15.7. The molecule has 0 spiro atoms. The fourth-order valence-electron chi connectivity index (χ4n) is 2.70. The van der Waals surface area contributed by atoms with Gasteiger partial charge < -0.3 is 5.73 Å². The topological polar surface area (TPSA) is 72.2 Å². The molecule has 1 aromatic rings. The number of nitrogens with one attached hydrogen (secondary N) is 1. The standard InChI is InChI=1S/C16H26N2O2S/c1-4-14-6-5-13(10-17)9-15(14)21(19,20)18-11-16(7-8-16)12(2)3/h5-6,9,12,18H,4,7-8,10-11,17H2,1-3H3. The van der Waals surface area contributed by atoms with E-state index in [1.807, 2.05) is 19.1 Å². The van der Waals surface area contributed by atoms with E-state index >= 15 is 0 Å². The summed E-state index contributed by atoms with van der Waals surface area (Å²) in [4.78, 5) is 0.382. The van der Waals surface area contributed by atoms with Crippen molar-refractivity contribution in [1.82, 2.24) is 4.72 Å². The lowest BCUT2D eigenvalue weighted by Gasteiger charge is -2.20. The van der Waals surface area contributed by atoms with Gasteiger partial charge in [-0.05, 0) is 47.8 Å². The molecule has 1 aliphatic rings. The second-order valence-corrected chi connectivity index (χ2v) is 8.08. The lowest BCUT2D eigenvalue weighted by molar-refractivity contribution is 0.357. The van der Waals surface area contributed by atoms with Crippen LogP contribution < -0.4 is 10.5 Å². The van der Waals surface area contributed by atoms with Gasteiger partial charge in [0.2, 0.25) is 10.0 Å². The average molecular weight is 310 g/mol. The highest BCUT2D eigenvalue weighted by Crippen LogP contribution is 2.51. The van der Waals surface area contributed by atoms with Crippen molar-refractivity contribution in [2.45, 2.75) is 51.5 Å². The van der Waals surface area contributed by atoms with Crippen LogP contribution in [0, 0.1) is 11.3 Å². The summed E-state index contributed by atoms with van der Waals surface area (Å²) in [5, 5.41) is 0. The molecule has 0 unspecified atom stereocenters. The zero-order valence-corrected chi connectivity index (χ0v) is 14.0. The molecule has 0 aliphatic heterocycles. The highest BCUT2D eigenvalue weighted by atomic mass is 32.2. The van der Waals surface area contributed by atoms with E-state index in [0.29, 0.717) is 30.3 Å². The molecule has 1 aromatic carbocycles. The lowest BCUT2D eigenvalue weighted by Crippen LogP contribution is -2.33. The second-order valence-electron chi connectivity index (χ2n) is 6.34. The number of rotatable bonds is 7. The van der Waals surface area contributed by atoms with Gasteiger partial charge in [0.05, 0.1) is 4.90 Å². The SMILES string of the molecule is CCc1ccc(CN)cc1S(=O)(=O)NCC1(C(C)C)CC1. The van der Waals surface area contributed by atoms with Crippen molar-refractivity contribution in [3.05, 3.63) is 29.3 Å². The molecule has 4 nitrogen and oxygen atoms in total. The van der Waals surface area contributed by atoms with Crippen molar-refractivity contribution < 1.29 is 8.42 Å². The van der Waals surface area contributed by atoms with Gasteiger partial charge in [-0.3, -0.25) is 0 Å². The Labute approximate surface area is 128 Å². The van der Waals surface area contributed by atoms with Crippen LogP contribution in [0.2, 0.25) is 0 Å². The van der Waals surface area contributed by atoms with Crippen LogP contribution >= 0.6 is 0 Å². The van der Waals surface area contributed by atoms with Gasteiger partial charge in [-0.25, -0.2) is 13.1 Å². The molecular formula is C16H26N2O2S. The van der Waals surface area contributed by atoms with Gasteiger partial charge in [0.1, 0.15) is 0 Å². The first-order valence-corrected chi connectivity index (χ1v) is 9.14. The number of nitrogens with two attached hydrogens (primary N) is 1. The zero-order valence-electron chi connectivity index (χ0n) is 13.1. The van der Waals surface area contributed by atoms with Crippen LogP contribution in [-0.2, 0) is 23.0 Å². The molecule has 0 heterocycles. The molecule has 3 N–H and O–H groups in total. The van der Waals surface area contributed by atoms with Crippen molar-refractivity contribution in [1.29, 1.82) is 0 Å². The molecule has 5 heteroatoms. The third kappa shape index (κ3) is 3.47. The summed E-state index contributed by atoms with van der Waals surface area (Å²) in [6.07, 6.45) is 2.91. The Balaban J connectivity index is 2.23. The van der Waals surface area contributed by atoms with E-state index < -0.39 is 10.0 Å². The van der Waals surface area contributed by atoms with Crippen molar-refractivity contribution in [3.8, 4) is 0 Å². The summed E-state index contributed by atoms with van der Waals surface area (Å²) in [5.74, 6) is 0.501. The van der Waals surface area contributed by atoms with Crippen LogP contribution in [0.15, 0.2) is 23.1 Å². The van der Waals surface area contributed by atoms with Gasteiger partial charge in [0.15, 0.2) is 0 Å². The summed E-state index contributed by atoms with van der Waals surface area (Å²) in [5.41, 5.74) is 7.48. The number of benzene rings is 1. The predicted octanol–water partition coefficient (Wildman–Crippen LogP) is 2.42. The Kier molecular flexibility index (Phi) is 4.76. The minimum Gasteiger partial charge on any atom is -0.326 e. The predicted molar refractivity (Wildman–Crippen MR) is 85.4 cm³/mol. The molecule has 2 rings (SSSR count). The average Bonchev–Trinajstić information content (AvgIpc) is 3.26. The van der Waals surface area contributed by atoms with E-state index in [1.165, 1.54) is 0 Å². The summed E-state index contributed by atoms with van der Waals surface area (Å²) >= 11 is 0. The van der Waals surface area contributed by atoms with Crippen LogP contribution in [0.3, 0.4) is 0 Å². The van der Waals surface area contributed by atoms with Gasteiger partial charge >= 0.3 is 0 Å². The van der Waals surface area contributed by atoms with Crippen molar-refractivity contribution in [2.75, 3.05) is 6.54 Å². The smallest absolute Gasteiger partial charge is 0.240 e. The molecule has 0 aromatic heterocycles. The van der Waals surface area contributed by atoms with Crippen molar-refractivity contribution in [2.24, 2.45) is 17.1 Å². The minimum absolute atomic E-state index is 0.158. The van der Waals surface area contributed by atoms with E-state index in [1.54, 1.807) is 6.07 Å². The second kappa shape index (κ2) is 6.07. The molecule has 1 fully saturated rings. The Morgan fingerprint density at radius 3 is 2.48 bits per heavy atom. The van der Waals surface area contributed by atoms with E-state index in [0.717, 1.165) is 24.0 Å². The Morgan fingerprint density at radius 1 is 1.33 bits per heavy atom. The van der Waals surface area contributed by atoms with Gasteiger partial charge in [-0.1, -0.05) is 32.9 Å². The van der Waals surface area contributed by atoms with E-state index in [-0.39, 0.29) is 5.41 Å². The Bertz CT molecular complexity index is 605. The first-order chi connectivity index (χ1) is 9.84. The first kappa shape index (κ1) is 16.5. The third-order valence-corrected chi connectivity index (χ3v) is 6.25.